The van der Waals surface area contributed by atoms with Gasteiger partial charge >= 0.3 is 0 Å². The lowest BCUT2D eigenvalue weighted by Gasteiger charge is -2.40. The number of aryl methyl sites for hydroxylation is 2. The van der Waals surface area contributed by atoms with Crippen LogP contribution in [0.3, 0.4) is 0 Å². The molecule has 1 heterocycles. The van der Waals surface area contributed by atoms with Crippen LogP contribution in [0.2, 0.25) is 0 Å². The molecule has 1 fully saturated rings. The predicted octanol–water partition coefficient (Wildman–Crippen LogP) is 4.85. The standard InChI is InChI=1S/C27H30FN3O3S/c1-4-21-7-10-23(11-8-21)29-27(32)22-9-14-25(28)26(17-22)35(33,34)30-15-16-31(20(3)18-30)24-12-5-19(2)6-13-24/h5-14,17,20H,4,15-16,18H2,1-3H3,(H,29,32)/t20-/m1/s1. The summed E-state index contributed by atoms with van der Waals surface area (Å²) in [6.07, 6.45) is 0.880. The van der Waals surface area contributed by atoms with Gasteiger partial charge < -0.3 is 10.2 Å². The van der Waals surface area contributed by atoms with Crippen molar-refractivity contribution in [3.05, 3.63) is 89.2 Å². The number of carbonyl (C=O) groups excluding carboxylic acids is 1. The molecule has 0 aliphatic carbocycles. The molecule has 0 unspecified atom stereocenters. The summed E-state index contributed by atoms with van der Waals surface area (Å²) < 4.78 is 42.8. The van der Waals surface area contributed by atoms with Crippen LogP contribution in [-0.2, 0) is 16.4 Å². The molecule has 0 radical (unpaired) electrons. The quantitative estimate of drug-likeness (QED) is 0.531. The maximum absolute atomic E-state index is 14.7. The van der Waals surface area contributed by atoms with Gasteiger partial charge in [-0.15, -0.1) is 0 Å². The van der Waals surface area contributed by atoms with E-state index in [2.05, 4.69) is 10.2 Å². The Bertz CT molecular complexity index is 1310. The second-order valence-corrected chi connectivity index (χ2v) is 10.8. The van der Waals surface area contributed by atoms with E-state index in [1.165, 1.54) is 10.4 Å². The SMILES string of the molecule is CCc1ccc(NC(=O)c2ccc(F)c(S(=O)(=O)N3CCN(c4ccc(C)cc4)[C@H](C)C3)c2)cc1. The Labute approximate surface area is 206 Å². The molecule has 8 heteroatoms. The second kappa shape index (κ2) is 10.2. The fraction of sp³-hybridized carbons (Fsp3) is 0.296. The van der Waals surface area contributed by atoms with Gasteiger partial charge in [0, 0.05) is 42.6 Å². The number of rotatable bonds is 6. The Hall–Kier alpha value is -3.23. The first-order valence-corrected chi connectivity index (χ1v) is 13.2. The van der Waals surface area contributed by atoms with Crippen molar-refractivity contribution < 1.29 is 17.6 Å². The van der Waals surface area contributed by atoms with E-state index < -0.39 is 26.6 Å². The summed E-state index contributed by atoms with van der Waals surface area (Å²) >= 11 is 0. The molecular weight excluding hydrogens is 465 g/mol. The zero-order chi connectivity index (χ0) is 25.2. The van der Waals surface area contributed by atoms with Crippen molar-refractivity contribution in [3.8, 4) is 0 Å². The van der Waals surface area contributed by atoms with Gasteiger partial charge in [-0.1, -0.05) is 36.8 Å². The molecule has 1 N–H and O–H groups in total. The number of carbonyl (C=O) groups is 1. The average molecular weight is 496 g/mol. The lowest BCUT2D eigenvalue weighted by atomic mass is 10.1. The van der Waals surface area contributed by atoms with Crippen LogP contribution in [0, 0.1) is 12.7 Å². The molecule has 0 bridgehead atoms. The number of anilines is 2. The highest BCUT2D eigenvalue weighted by Crippen LogP contribution is 2.27. The topological polar surface area (TPSA) is 69.7 Å². The van der Waals surface area contributed by atoms with Crippen LogP contribution in [0.5, 0.6) is 0 Å². The number of piperazine rings is 1. The number of hydrogen-bond acceptors (Lipinski definition) is 4. The number of sulfonamides is 1. The van der Waals surface area contributed by atoms with Crippen LogP contribution in [0.1, 0.15) is 35.3 Å². The Morgan fingerprint density at radius 2 is 1.71 bits per heavy atom. The molecule has 1 amide bonds. The third-order valence-electron chi connectivity index (χ3n) is 6.39. The highest BCUT2D eigenvalue weighted by molar-refractivity contribution is 7.89. The van der Waals surface area contributed by atoms with Gasteiger partial charge in [0.25, 0.3) is 5.91 Å². The molecule has 35 heavy (non-hydrogen) atoms. The minimum atomic E-state index is -4.12. The van der Waals surface area contributed by atoms with Crippen LogP contribution in [0.4, 0.5) is 15.8 Å². The maximum atomic E-state index is 14.7. The van der Waals surface area contributed by atoms with E-state index in [-0.39, 0.29) is 24.7 Å². The highest BCUT2D eigenvalue weighted by Gasteiger charge is 2.34. The van der Waals surface area contributed by atoms with E-state index in [9.17, 15) is 17.6 Å². The van der Waals surface area contributed by atoms with Crippen molar-refractivity contribution in [1.82, 2.24) is 4.31 Å². The van der Waals surface area contributed by atoms with Crippen LogP contribution in [0.25, 0.3) is 0 Å². The van der Waals surface area contributed by atoms with Gasteiger partial charge in [-0.25, -0.2) is 12.8 Å². The van der Waals surface area contributed by atoms with Gasteiger partial charge in [-0.05, 0) is 68.3 Å². The van der Waals surface area contributed by atoms with Gasteiger partial charge in [-0.2, -0.15) is 4.31 Å². The van der Waals surface area contributed by atoms with E-state index in [1.807, 2.05) is 57.2 Å². The first-order chi connectivity index (χ1) is 16.7. The molecule has 1 atom stereocenters. The first kappa shape index (κ1) is 24.9. The Balaban J connectivity index is 1.52. The minimum Gasteiger partial charge on any atom is -0.366 e. The molecule has 1 aliphatic heterocycles. The first-order valence-electron chi connectivity index (χ1n) is 11.7. The number of hydrogen-bond donors (Lipinski definition) is 1. The second-order valence-electron chi connectivity index (χ2n) is 8.89. The van der Waals surface area contributed by atoms with Crippen LogP contribution in [0.15, 0.2) is 71.6 Å². The van der Waals surface area contributed by atoms with Crippen molar-refractivity contribution in [2.45, 2.75) is 38.1 Å². The number of benzene rings is 3. The summed E-state index contributed by atoms with van der Waals surface area (Å²) in [4.78, 5) is 14.4. The van der Waals surface area contributed by atoms with Crippen LogP contribution < -0.4 is 10.2 Å². The molecule has 3 aromatic carbocycles. The van der Waals surface area contributed by atoms with E-state index in [0.29, 0.717) is 12.2 Å². The Morgan fingerprint density at radius 3 is 2.34 bits per heavy atom. The summed E-state index contributed by atoms with van der Waals surface area (Å²) in [6, 6.07) is 18.8. The molecule has 1 aliphatic rings. The monoisotopic (exact) mass is 495 g/mol. The summed E-state index contributed by atoms with van der Waals surface area (Å²) in [5.41, 5.74) is 3.98. The lowest BCUT2D eigenvalue weighted by molar-refractivity contribution is 0.102. The van der Waals surface area contributed by atoms with Crippen molar-refractivity contribution >= 4 is 27.3 Å². The fourth-order valence-corrected chi connectivity index (χ4v) is 5.87. The summed E-state index contributed by atoms with van der Waals surface area (Å²) in [5.74, 6) is -1.37. The van der Waals surface area contributed by atoms with E-state index in [1.54, 1.807) is 12.1 Å². The highest BCUT2D eigenvalue weighted by atomic mass is 32.2. The lowest BCUT2D eigenvalue weighted by Crippen LogP contribution is -2.53. The number of nitrogens with one attached hydrogen (secondary N) is 1. The molecule has 0 spiro atoms. The average Bonchev–Trinajstić information content (AvgIpc) is 2.85. The smallest absolute Gasteiger partial charge is 0.255 e. The molecule has 184 valence electrons. The summed E-state index contributed by atoms with van der Waals surface area (Å²) in [7, 11) is -4.12. The van der Waals surface area contributed by atoms with E-state index in [4.69, 9.17) is 0 Å². The van der Waals surface area contributed by atoms with E-state index in [0.717, 1.165) is 35.4 Å². The number of halogens is 1. The molecule has 6 nitrogen and oxygen atoms in total. The minimum absolute atomic E-state index is 0.0795. The van der Waals surface area contributed by atoms with E-state index >= 15 is 0 Å². The van der Waals surface area contributed by atoms with Gasteiger partial charge in [0.2, 0.25) is 10.0 Å². The maximum Gasteiger partial charge on any atom is 0.255 e. The third kappa shape index (κ3) is 5.39. The Morgan fingerprint density at radius 1 is 1.03 bits per heavy atom. The zero-order valence-electron chi connectivity index (χ0n) is 20.2. The van der Waals surface area contributed by atoms with Gasteiger partial charge in [-0.3, -0.25) is 4.79 Å². The fourth-order valence-electron chi connectivity index (χ4n) is 4.27. The van der Waals surface area contributed by atoms with Gasteiger partial charge in [0.1, 0.15) is 10.7 Å². The molecular formula is C27H30FN3O3S. The summed E-state index contributed by atoms with van der Waals surface area (Å²) in [5, 5.41) is 2.75. The largest absolute Gasteiger partial charge is 0.366 e. The third-order valence-corrected chi connectivity index (χ3v) is 8.27. The van der Waals surface area contributed by atoms with Crippen molar-refractivity contribution in [1.29, 1.82) is 0 Å². The van der Waals surface area contributed by atoms with Crippen LogP contribution in [-0.4, -0.2) is 44.3 Å². The molecule has 4 rings (SSSR count). The zero-order valence-corrected chi connectivity index (χ0v) is 21.0. The molecule has 1 saturated heterocycles. The number of nitrogens with zero attached hydrogens (tertiary/aromatic N) is 2. The van der Waals surface area contributed by atoms with Crippen molar-refractivity contribution in [2.24, 2.45) is 0 Å². The van der Waals surface area contributed by atoms with Crippen molar-refractivity contribution in [2.75, 3.05) is 29.9 Å². The normalized spacial score (nSPS) is 16.8. The van der Waals surface area contributed by atoms with Gasteiger partial charge in [0.15, 0.2) is 0 Å². The predicted molar refractivity (Wildman–Crippen MR) is 137 cm³/mol. The van der Waals surface area contributed by atoms with Crippen LogP contribution >= 0.6 is 0 Å². The summed E-state index contributed by atoms with van der Waals surface area (Å²) in [6.45, 7) is 6.93. The number of amides is 1. The molecule has 3 aromatic rings. The van der Waals surface area contributed by atoms with Crippen molar-refractivity contribution in [3.63, 3.8) is 0 Å². The molecule has 0 aromatic heterocycles. The Kier molecular flexibility index (Phi) is 7.23. The van der Waals surface area contributed by atoms with Gasteiger partial charge in [0.05, 0.1) is 0 Å². The molecule has 0 saturated carbocycles.